The Labute approximate surface area is 168 Å². The second-order valence-corrected chi connectivity index (χ2v) is 9.60. The minimum Gasteiger partial charge on any atom is -0.338 e. The van der Waals surface area contributed by atoms with Crippen molar-refractivity contribution in [3.63, 3.8) is 0 Å². The Kier molecular flexibility index (Phi) is 7.26. The third-order valence-corrected chi connectivity index (χ3v) is 7.42. The van der Waals surface area contributed by atoms with Crippen LogP contribution in [-0.2, 0) is 14.8 Å². The number of quaternary nitrogens is 1. The number of piperazine rings is 1. The molecule has 0 aliphatic carbocycles. The van der Waals surface area contributed by atoms with Crippen LogP contribution in [0.1, 0.15) is 38.2 Å². The van der Waals surface area contributed by atoms with Crippen LogP contribution in [0.2, 0.25) is 0 Å². The van der Waals surface area contributed by atoms with Crippen LogP contribution in [0.15, 0.2) is 35.7 Å². The molecular weight excluding hydrogens is 374 g/mol. The fourth-order valence-corrected chi connectivity index (χ4v) is 5.21. The van der Waals surface area contributed by atoms with E-state index in [-0.39, 0.29) is 11.9 Å². The number of likely N-dealkylation sites (tertiary alicyclic amines) is 1. The standard InChI is InChI=1S/C21H31N3O3S/c1-19(21(25)23-12-7-2-3-8-13-23)22-14-16-24(17-15-22)28(26,27)18-11-20-9-5-4-6-10-20/h4-6,9-11,18-19H,2-3,7-8,12-17H2,1H3/p+1/b18-11+/t19-/m1/s1. The number of benzene rings is 1. The average molecular weight is 407 g/mol. The summed E-state index contributed by atoms with van der Waals surface area (Å²) in [5, 5.41) is 1.29. The zero-order valence-electron chi connectivity index (χ0n) is 16.7. The quantitative estimate of drug-likeness (QED) is 0.793. The summed E-state index contributed by atoms with van der Waals surface area (Å²) in [4.78, 5) is 16.0. The van der Waals surface area contributed by atoms with Gasteiger partial charge in [-0.2, -0.15) is 4.31 Å². The molecule has 1 atom stereocenters. The highest BCUT2D eigenvalue weighted by Gasteiger charge is 2.34. The molecule has 154 valence electrons. The Hall–Kier alpha value is -1.70. The van der Waals surface area contributed by atoms with E-state index in [0.717, 1.165) is 31.5 Å². The second kappa shape index (κ2) is 9.67. The van der Waals surface area contributed by atoms with E-state index in [1.54, 1.807) is 6.08 Å². The maximum absolute atomic E-state index is 12.8. The van der Waals surface area contributed by atoms with Crippen molar-refractivity contribution in [2.75, 3.05) is 39.3 Å². The van der Waals surface area contributed by atoms with Gasteiger partial charge < -0.3 is 9.80 Å². The smallest absolute Gasteiger partial charge is 0.280 e. The van der Waals surface area contributed by atoms with Gasteiger partial charge in [-0.3, -0.25) is 4.79 Å². The van der Waals surface area contributed by atoms with E-state index in [4.69, 9.17) is 0 Å². The zero-order chi connectivity index (χ0) is 20.0. The van der Waals surface area contributed by atoms with Crippen molar-refractivity contribution in [3.8, 4) is 0 Å². The van der Waals surface area contributed by atoms with Gasteiger partial charge in [0.05, 0.1) is 26.2 Å². The molecule has 0 saturated carbocycles. The number of carbonyl (C=O) groups is 1. The third-order valence-electron chi connectivity index (χ3n) is 5.86. The van der Waals surface area contributed by atoms with Crippen LogP contribution in [0.25, 0.3) is 6.08 Å². The van der Waals surface area contributed by atoms with Gasteiger partial charge in [0.1, 0.15) is 0 Å². The summed E-state index contributed by atoms with van der Waals surface area (Å²) in [6, 6.07) is 9.33. The minimum atomic E-state index is -3.43. The van der Waals surface area contributed by atoms with Gasteiger partial charge in [-0.1, -0.05) is 43.2 Å². The van der Waals surface area contributed by atoms with Gasteiger partial charge in [-0.25, -0.2) is 8.42 Å². The summed E-state index contributed by atoms with van der Waals surface area (Å²) >= 11 is 0. The van der Waals surface area contributed by atoms with E-state index >= 15 is 0 Å². The first-order valence-electron chi connectivity index (χ1n) is 10.3. The first-order chi connectivity index (χ1) is 13.5. The summed E-state index contributed by atoms with van der Waals surface area (Å²) < 4.78 is 26.7. The monoisotopic (exact) mass is 406 g/mol. The molecule has 0 aromatic heterocycles. The molecule has 0 unspecified atom stereocenters. The van der Waals surface area contributed by atoms with Gasteiger partial charge in [0.15, 0.2) is 6.04 Å². The van der Waals surface area contributed by atoms with Gasteiger partial charge >= 0.3 is 0 Å². The average Bonchev–Trinajstić information content (AvgIpc) is 3.02. The molecule has 0 bridgehead atoms. The van der Waals surface area contributed by atoms with Crippen molar-refractivity contribution in [2.45, 2.75) is 38.6 Å². The molecule has 2 fully saturated rings. The van der Waals surface area contributed by atoms with Gasteiger partial charge in [0, 0.05) is 18.5 Å². The van der Waals surface area contributed by atoms with Crippen LogP contribution < -0.4 is 4.90 Å². The Morgan fingerprint density at radius 2 is 1.61 bits per heavy atom. The molecule has 2 saturated heterocycles. The lowest BCUT2D eigenvalue weighted by molar-refractivity contribution is -0.918. The zero-order valence-corrected chi connectivity index (χ0v) is 17.5. The number of hydrogen-bond acceptors (Lipinski definition) is 3. The molecule has 2 heterocycles. The molecule has 28 heavy (non-hydrogen) atoms. The van der Waals surface area contributed by atoms with Crippen molar-refractivity contribution in [2.24, 2.45) is 0 Å². The predicted octanol–water partition coefficient (Wildman–Crippen LogP) is 0.979. The number of carbonyl (C=O) groups excluding carboxylic acids is 1. The van der Waals surface area contributed by atoms with Crippen molar-refractivity contribution < 1.29 is 18.1 Å². The molecule has 3 rings (SSSR count). The van der Waals surface area contributed by atoms with Crippen LogP contribution in [0.5, 0.6) is 0 Å². The SMILES string of the molecule is C[C@H](C(=O)N1CCCCCC1)[NH+]1CCN(S(=O)(=O)/C=C/c2ccccc2)CC1. The Balaban J connectivity index is 1.54. The Morgan fingerprint density at radius 3 is 2.21 bits per heavy atom. The highest BCUT2D eigenvalue weighted by atomic mass is 32.2. The highest BCUT2D eigenvalue weighted by molar-refractivity contribution is 7.92. The predicted molar refractivity (Wildman–Crippen MR) is 111 cm³/mol. The maximum atomic E-state index is 12.8. The van der Waals surface area contributed by atoms with Crippen LogP contribution in [0.4, 0.5) is 0 Å². The van der Waals surface area contributed by atoms with E-state index in [2.05, 4.69) is 0 Å². The van der Waals surface area contributed by atoms with E-state index in [0.29, 0.717) is 26.2 Å². The fraction of sp³-hybridized carbons (Fsp3) is 0.571. The summed E-state index contributed by atoms with van der Waals surface area (Å²) in [5.74, 6) is 0.220. The number of rotatable bonds is 5. The molecular formula is C21H32N3O3S+. The summed E-state index contributed by atoms with van der Waals surface area (Å²) in [7, 11) is -3.43. The summed E-state index contributed by atoms with van der Waals surface area (Å²) in [6.45, 7) is 5.95. The molecule has 0 spiro atoms. The largest absolute Gasteiger partial charge is 0.338 e. The van der Waals surface area contributed by atoms with Gasteiger partial charge in [0.2, 0.25) is 10.0 Å². The molecule has 1 amide bonds. The van der Waals surface area contributed by atoms with Gasteiger partial charge in [0.25, 0.3) is 5.91 Å². The molecule has 1 aromatic carbocycles. The number of nitrogens with one attached hydrogen (secondary N) is 1. The van der Waals surface area contributed by atoms with Crippen LogP contribution in [0.3, 0.4) is 0 Å². The maximum Gasteiger partial charge on any atom is 0.280 e. The van der Waals surface area contributed by atoms with E-state index in [1.807, 2.05) is 42.2 Å². The number of nitrogens with zero attached hydrogens (tertiary/aromatic N) is 2. The van der Waals surface area contributed by atoms with E-state index in [1.165, 1.54) is 27.5 Å². The van der Waals surface area contributed by atoms with E-state index in [9.17, 15) is 13.2 Å². The van der Waals surface area contributed by atoms with Gasteiger partial charge in [-0.05, 0) is 31.4 Å². The molecule has 1 aromatic rings. The van der Waals surface area contributed by atoms with Crippen molar-refractivity contribution in [1.82, 2.24) is 9.21 Å². The summed E-state index contributed by atoms with van der Waals surface area (Å²) in [6.07, 6.45) is 6.23. The molecule has 2 aliphatic rings. The van der Waals surface area contributed by atoms with Crippen LogP contribution in [-0.4, -0.2) is 68.8 Å². The fourth-order valence-electron chi connectivity index (χ4n) is 4.02. The van der Waals surface area contributed by atoms with Crippen molar-refractivity contribution in [1.29, 1.82) is 0 Å². The number of amides is 1. The van der Waals surface area contributed by atoms with Crippen molar-refractivity contribution >= 4 is 22.0 Å². The lowest BCUT2D eigenvalue weighted by Gasteiger charge is -2.35. The molecule has 1 N–H and O–H groups in total. The number of sulfonamides is 1. The Morgan fingerprint density at radius 1 is 1.00 bits per heavy atom. The molecule has 2 aliphatic heterocycles. The highest BCUT2D eigenvalue weighted by Crippen LogP contribution is 2.11. The van der Waals surface area contributed by atoms with Crippen LogP contribution in [0, 0.1) is 0 Å². The molecule has 0 radical (unpaired) electrons. The van der Waals surface area contributed by atoms with Gasteiger partial charge in [-0.15, -0.1) is 0 Å². The van der Waals surface area contributed by atoms with E-state index < -0.39 is 10.0 Å². The lowest BCUT2D eigenvalue weighted by atomic mass is 10.2. The lowest BCUT2D eigenvalue weighted by Crippen LogP contribution is -3.19. The van der Waals surface area contributed by atoms with Crippen LogP contribution >= 0.6 is 0 Å². The first-order valence-corrected chi connectivity index (χ1v) is 11.8. The Bertz CT molecular complexity index is 763. The van der Waals surface area contributed by atoms with Crippen molar-refractivity contribution in [3.05, 3.63) is 41.3 Å². The number of hydrogen-bond donors (Lipinski definition) is 1. The second-order valence-electron chi connectivity index (χ2n) is 7.78. The normalized spacial score (nSPS) is 21.5. The minimum absolute atomic E-state index is 0.109. The molecule has 7 heteroatoms. The topological polar surface area (TPSA) is 62.1 Å². The molecule has 6 nitrogen and oxygen atoms in total. The summed E-state index contributed by atoms with van der Waals surface area (Å²) in [5.41, 5.74) is 0.868. The third kappa shape index (κ3) is 5.43. The first kappa shape index (κ1) is 21.0.